The number of quaternary nitrogens is 1. The molecule has 5 nitrogen and oxygen atoms in total. The van der Waals surface area contributed by atoms with Crippen molar-refractivity contribution in [2.45, 2.75) is 45.9 Å². The molecule has 132 valence electrons. The molecule has 1 aromatic rings. The monoisotopic (exact) mass is 352 g/mol. The second-order valence-corrected chi connectivity index (χ2v) is 7.12. The zero-order chi connectivity index (χ0) is 17.9. The number of rotatable bonds is 5. The molecule has 24 heavy (non-hydrogen) atoms. The molecule has 0 spiro atoms. The van der Waals surface area contributed by atoms with Crippen molar-refractivity contribution in [3.05, 3.63) is 35.4 Å². The van der Waals surface area contributed by atoms with Crippen LogP contribution in [0.5, 0.6) is 0 Å². The smallest absolute Gasteiger partial charge is 0.435 e. The van der Waals surface area contributed by atoms with Crippen LogP contribution in [-0.4, -0.2) is 46.0 Å². The third kappa shape index (κ3) is 3.66. The van der Waals surface area contributed by atoms with Gasteiger partial charge in [-0.15, -0.1) is 0 Å². The summed E-state index contributed by atoms with van der Waals surface area (Å²) in [6.07, 6.45) is -0.778. The van der Waals surface area contributed by atoms with Gasteiger partial charge >= 0.3 is 12.0 Å². The standard InChI is InChI=1S/C18H25NO4S/c1-12-4-6-15(7-5-12)10-23-16-8-14(3)19(9-16,18(21)22)17(20)13(2)11-24/h4-7,13-14,16H,8-11H2,1-3H3,(H-,21,22,24)/p+1/t13?,14-,16-,19-/m1/s1. The summed E-state index contributed by atoms with van der Waals surface area (Å²) in [5.41, 5.74) is 2.23. The van der Waals surface area contributed by atoms with Gasteiger partial charge in [0.1, 0.15) is 18.7 Å². The highest BCUT2D eigenvalue weighted by Gasteiger charge is 2.57. The largest absolute Gasteiger partial charge is 0.521 e. The maximum Gasteiger partial charge on any atom is 0.521 e. The third-order valence-corrected chi connectivity index (χ3v) is 5.43. The van der Waals surface area contributed by atoms with Gasteiger partial charge in [0.05, 0.1) is 12.5 Å². The number of carbonyl (C=O) groups is 2. The molecule has 0 radical (unpaired) electrons. The molecule has 1 aromatic carbocycles. The molecule has 1 aliphatic heterocycles. The van der Waals surface area contributed by atoms with E-state index in [9.17, 15) is 14.7 Å². The van der Waals surface area contributed by atoms with Gasteiger partial charge in [-0.25, -0.2) is 4.79 Å². The van der Waals surface area contributed by atoms with Crippen molar-refractivity contribution in [2.24, 2.45) is 5.92 Å². The summed E-state index contributed by atoms with van der Waals surface area (Å²) in [4.78, 5) is 24.6. The first-order valence-electron chi connectivity index (χ1n) is 8.25. The van der Waals surface area contributed by atoms with Crippen LogP contribution in [0, 0.1) is 12.8 Å². The van der Waals surface area contributed by atoms with Gasteiger partial charge in [0.25, 0.3) is 0 Å². The van der Waals surface area contributed by atoms with E-state index in [0.717, 1.165) is 5.56 Å². The average molecular weight is 352 g/mol. The molecule has 1 N–H and O–H groups in total. The van der Waals surface area contributed by atoms with Gasteiger partial charge in [-0.05, 0) is 26.3 Å². The second-order valence-electron chi connectivity index (χ2n) is 6.76. The summed E-state index contributed by atoms with van der Waals surface area (Å²) in [5.74, 6) is -0.345. The highest BCUT2D eigenvalue weighted by Crippen LogP contribution is 2.32. The summed E-state index contributed by atoms with van der Waals surface area (Å²) < 4.78 is 5.36. The van der Waals surface area contributed by atoms with Crippen LogP contribution in [0.15, 0.2) is 24.3 Å². The molecule has 4 atom stereocenters. The molecule has 1 saturated heterocycles. The number of thiol groups is 1. The van der Waals surface area contributed by atoms with E-state index >= 15 is 0 Å². The second kappa shape index (κ2) is 7.68. The van der Waals surface area contributed by atoms with Gasteiger partial charge in [-0.3, -0.25) is 0 Å². The van der Waals surface area contributed by atoms with Crippen molar-refractivity contribution in [2.75, 3.05) is 12.3 Å². The van der Waals surface area contributed by atoms with E-state index in [0.29, 0.717) is 18.8 Å². The lowest BCUT2D eigenvalue weighted by Crippen LogP contribution is -2.61. The number of benzene rings is 1. The maximum atomic E-state index is 12.7. The Morgan fingerprint density at radius 3 is 2.54 bits per heavy atom. The van der Waals surface area contributed by atoms with Crippen LogP contribution < -0.4 is 0 Å². The van der Waals surface area contributed by atoms with E-state index in [1.54, 1.807) is 6.92 Å². The lowest BCUT2D eigenvalue weighted by Gasteiger charge is -2.31. The molecule has 6 heteroatoms. The van der Waals surface area contributed by atoms with Crippen LogP contribution in [0.1, 0.15) is 31.4 Å². The Balaban J connectivity index is 2.09. The van der Waals surface area contributed by atoms with Crippen molar-refractivity contribution in [3.8, 4) is 0 Å². The van der Waals surface area contributed by atoms with Crippen molar-refractivity contribution in [1.29, 1.82) is 0 Å². The van der Waals surface area contributed by atoms with Gasteiger partial charge in [0.15, 0.2) is 0 Å². The van der Waals surface area contributed by atoms with Crippen LogP contribution in [-0.2, 0) is 16.1 Å². The van der Waals surface area contributed by atoms with E-state index in [-0.39, 0.29) is 24.6 Å². The van der Waals surface area contributed by atoms with E-state index in [1.165, 1.54) is 5.56 Å². The molecule has 0 bridgehead atoms. The molecule has 1 unspecified atom stereocenters. The van der Waals surface area contributed by atoms with Crippen LogP contribution in [0.2, 0.25) is 0 Å². The lowest BCUT2D eigenvalue weighted by atomic mass is 10.1. The molecule has 2 rings (SSSR count). The number of imide groups is 1. The van der Waals surface area contributed by atoms with Gasteiger partial charge in [0.2, 0.25) is 0 Å². The number of aryl methyl sites for hydroxylation is 1. The minimum Gasteiger partial charge on any atom is -0.435 e. The average Bonchev–Trinajstić information content (AvgIpc) is 2.90. The molecular formula is C18H26NO4S+. The highest BCUT2D eigenvalue weighted by molar-refractivity contribution is 7.80. The number of nitrogens with zero attached hydrogens (tertiary/aromatic N) is 1. The first-order valence-corrected chi connectivity index (χ1v) is 8.88. The Morgan fingerprint density at radius 1 is 1.38 bits per heavy atom. The van der Waals surface area contributed by atoms with Gasteiger partial charge < -0.3 is 9.84 Å². The quantitative estimate of drug-likeness (QED) is 0.631. The number of hydrogen-bond acceptors (Lipinski definition) is 4. The Hall–Kier alpha value is -1.37. The summed E-state index contributed by atoms with van der Waals surface area (Å²) >= 11 is 4.15. The third-order valence-electron chi connectivity index (χ3n) is 4.88. The Morgan fingerprint density at radius 2 is 2.00 bits per heavy atom. The minimum absolute atomic E-state index is 0.180. The fraction of sp³-hybridized carbons (Fsp3) is 0.556. The van der Waals surface area contributed by atoms with E-state index in [1.807, 2.05) is 38.1 Å². The zero-order valence-corrected chi connectivity index (χ0v) is 15.3. The first kappa shape index (κ1) is 19.0. The molecule has 0 saturated carbocycles. The Kier molecular flexibility index (Phi) is 6.06. The van der Waals surface area contributed by atoms with Crippen LogP contribution >= 0.6 is 12.6 Å². The molecule has 0 aliphatic carbocycles. The number of likely N-dealkylation sites (tertiary alicyclic amines) is 1. The van der Waals surface area contributed by atoms with Crippen molar-refractivity contribution in [1.82, 2.24) is 0 Å². The fourth-order valence-corrected chi connectivity index (χ4v) is 3.45. The summed E-state index contributed by atoms with van der Waals surface area (Å²) in [6.45, 7) is 6.17. The lowest BCUT2D eigenvalue weighted by molar-refractivity contribution is -0.795. The Labute approximate surface area is 148 Å². The normalized spacial score (nSPS) is 27.8. The number of amides is 2. The van der Waals surface area contributed by atoms with E-state index < -0.39 is 16.5 Å². The van der Waals surface area contributed by atoms with Gasteiger partial charge in [-0.2, -0.15) is 21.9 Å². The Bertz CT molecular complexity index is 604. The number of carboxylic acid groups (broad SMARTS) is 1. The molecule has 1 aliphatic rings. The molecular weight excluding hydrogens is 326 g/mol. The summed E-state index contributed by atoms with van der Waals surface area (Å²) in [6, 6.07) is 7.74. The van der Waals surface area contributed by atoms with Gasteiger partial charge in [-0.1, -0.05) is 29.8 Å². The van der Waals surface area contributed by atoms with Crippen LogP contribution in [0.4, 0.5) is 4.79 Å². The number of ether oxygens (including phenoxy) is 1. The van der Waals surface area contributed by atoms with Crippen molar-refractivity contribution in [3.63, 3.8) is 0 Å². The number of carbonyl (C=O) groups excluding carboxylic acids is 1. The van der Waals surface area contributed by atoms with E-state index in [2.05, 4.69) is 12.6 Å². The van der Waals surface area contributed by atoms with Crippen LogP contribution in [0.25, 0.3) is 0 Å². The molecule has 2 amide bonds. The molecule has 0 aromatic heterocycles. The first-order chi connectivity index (χ1) is 11.3. The maximum absolute atomic E-state index is 12.7. The summed E-state index contributed by atoms with van der Waals surface area (Å²) in [7, 11) is 0. The fourth-order valence-electron chi connectivity index (χ4n) is 3.29. The molecule has 1 heterocycles. The van der Waals surface area contributed by atoms with Crippen molar-refractivity contribution < 1.29 is 23.9 Å². The highest BCUT2D eigenvalue weighted by atomic mass is 32.1. The number of hydrogen-bond donors (Lipinski definition) is 2. The predicted octanol–water partition coefficient (Wildman–Crippen LogP) is 3.26. The zero-order valence-electron chi connectivity index (χ0n) is 14.4. The van der Waals surface area contributed by atoms with E-state index in [4.69, 9.17) is 4.74 Å². The summed E-state index contributed by atoms with van der Waals surface area (Å²) in [5, 5.41) is 9.75. The SMILES string of the molecule is Cc1ccc(CO[C@@H]2C[C@@H](C)[N@@+](C(=O)O)(C(=O)C(C)CS)C2)cc1. The van der Waals surface area contributed by atoms with Gasteiger partial charge in [0, 0.05) is 12.2 Å². The molecule has 1 fully saturated rings. The predicted molar refractivity (Wildman–Crippen MR) is 95.0 cm³/mol. The van der Waals surface area contributed by atoms with Crippen LogP contribution in [0.3, 0.4) is 0 Å². The topological polar surface area (TPSA) is 63.6 Å². The minimum atomic E-state index is -1.09. The van der Waals surface area contributed by atoms with Crippen molar-refractivity contribution >= 4 is 24.6 Å².